The van der Waals surface area contributed by atoms with E-state index in [1.54, 1.807) is 50.9 Å². The molecular formula is C26H27FN4O5. The van der Waals surface area contributed by atoms with Crippen LogP contribution in [0.4, 0.5) is 10.1 Å². The van der Waals surface area contributed by atoms with Crippen LogP contribution in [0, 0.1) is 5.82 Å². The zero-order chi connectivity index (χ0) is 25.7. The number of carbonyl (C=O) groups excluding carboxylic acids is 3. The normalized spacial score (nSPS) is 13.3. The van der Waals surface area contributed by atoms with E-state index in [0.29, 0.717) is 54.6 Å². The molecule has 0 radical (unpaired) electrons. The van der Waals surface area contributed by atoms with E-state index in [-0.39, 0.29) is 24.3 Å². The maximum absolute atomic E-state index is 13.2. The number of aromatic nitrogens is 1. The van der Waals surface area contributed by atoms with Gasteiger partial charge in [0.2, 0.25) is 5.91 Å². The average Bonchev–Trinajstić information content (AvgIpc) is 3.36. The number of amides is 3. The third-order valence-corrected chi connectivity index (χ3v) is 5.99. The zero-order valence-corrected chi connectivity index (χ0v) is 20.1. The first-order chi connectivity index (χ1) is 17.4. The molecule has 9 nitrogen and oxygen atoms in total. The minimum atomic E-state index is -0.402. The second kappa shape index (κ2) is 10.9. The van der Waals surface area contributed by atoms with Gasteiger partial charge >= 0.3 is 0 Å². The number of nitrogens with zero attached hydrogens (tertiary/aromatic N) is 3. The van der Waals surface area contributed by atoms with Crippen molar-refractivity contribution in [1.29, 1.82) is 0 Å². The van der Waals surface area contributed by atoms with Gasteiger partial charge < -0.3 is 29.2 Å². The molecule has 1 aromatic heterocycles. The van der Waals surface area contributed by atoms with Crippen LogP contribution in [0.1, 0.15) is 20.8 Å². The predicted octanol–water partition coefficient (Wildman–Crippen LogP) is 2.88. The molecule has 2 aromatic carbocycles. The first kappa shape index (κ1) is 24.8. The Morgan fingerprint density at radius 1 is 0.889 bits per heavy atom. The molecule has 10 heteroatoms. The number of nitrogens with one attached hydrogen (secondary N) is 1. The molecule has 2 heterocycles. The Hall–Kier alpha value is -4.34. The van der Waals surface area contributed by atoms with E-state index in [4.69, 9.17) is 9.47 Å². The van der Waals surface area contributed by atoms with Gasteiger partial charge in [-0.25, -0.2) is 4.39 Å². The second-order valence-corrected chi connectivity index (χ2v) is 8.23. The molecule has 0 unspecified atom stereocenters. The number of halogens is 1. The number of carbonyl (C=O) groups is 3. The van der Waals surface area contributed by atoms with Gasteiger partial charge in [0.1, 0.15) is 29.6 Å². The van der Waals surface area contributed by atoms with Crippen LogP contribution in [0.3, 0.4) is 0 Å². The van der Waals surface area contributed by atoms with Crippen molar-refractivity contribution in [1.82, 2.24) is 14.4 Å². The summed E-state index contributed by atoms with van der Waals surface area (Å²) in [5, 5.41) is 2.80. The van der Waals surface area contributed by atoms with Crippen LogP contribution in [0.25, 0.3) is 0 Å². The van der Waals surface area contributed by atoms with E-state index < -0.39 is 5.82 Å². The minimum Gasteiger partial charge on any atom is -0.497 e. The Balaban J connectivity index is 1.37. The number of ether oxygens (including phenoxy) is 2. The summed E-state index contributed by atoms with van der Waals surface area (Å²) in [6.07, 6.45) is 1.67. The lowest BCUT2D eigenvalue weighted by Gasteiger charge is -2.35. The lowest BCUT2D eigenvalue weighted by Crippen LogP contribution is -2.51. The van der Waals surface area contributed by atoms with E-state index in [9.17, 15) is 18.8 Å². The van der Waals surface area contributed by atoms with Crippen LogP contribution >= 0.6 is 0 Å². The Morgan fingerprint density at radius 2 is 1.56 bits per heavy atom. The molecule has 0 spiro atoms. The van der Waals surface area contributed by atoms with E-state index in [2.05, 4.69) is 5.32 Å². The average molecular weight is 495 g/mol. The van der Waals surface area contributed by atoms with Crippen LogP contribution in [-0.2, 0) is 11.3 Å². The topological polar surface area (TPSA) is 93.1 Å². The van der Waals surface area contributed by atoms with Crippen molar-refractivity contribution < 1.29 is 28.2 Å². The molecule has 0 bridgehead atoms. The highest BCUT2D eigenvalue weighted by Crippen LogP contribution is 2.29. The highest BCUT2D eigenvalue weighted by atomic mass is 19.1. The third kappa shape index (κ3) is 5.48. The Morgan fingerprint density at radius 3 is 2.19 bits per heavy atom. The lowest BCUT2D eigenvalue weighted by molar-refractivity contribution is -0.116. The van der Waals surface area contributed by atoms with Crippen molar-refractivity contribution in [2.24, 2.45) is 0 Å². The summed E-state index contributed by atoms with van der Waals surface area (Å²) in [4.78, 5) is 41.9. The smallest absolute Gasteiger partial charge is 0.270 e. The predicted molar refractivity (Wildman–Crippen MR) is 131 cm³/mol. The molecule has 1 saturated heterocycles. The molecule has 1 aliphatic rings. The largest absolute Gasteiger partial charge is 0.497 e. The molecule has 1 aliphatic heterocycles. The Kier molecular flexibility index (Phi) is 7.53. The summed E-state index contributed by atoms with van der Waals surface area (Å²) >= 11 is 0. The Labute approximate surface area is 208 Å². The molecule has 1 fully saturated rings. The van der Waals surface area contributed by atoms with Crippen molar-refractivity contribution in [3.05, 3.63) is 77.9 Å². The molecule has 188 valence electrons. The monoisotopic (exact) mass is 494 g/mol. The SMILES string of the molecule is COc1ccc(OC)c(NC(=O)Cn2cccc2C(=O)N2CCN(C(=O)c3ccc(F)cc3)CC2)c1. The summed E-state index contributed by atoms with van der Waals surface area (Å²) in [7, 11) is 3.04. The molecular weight excluding hydrogens is 467 g/mol. The van der Waals surface area contributed by atoms with Gasteiger partial charge in [-0.05, 0) is 48.5 Å². The number of benzene rings is 2. The molecule has 36 heavy (non-hydrogen) atoms. The van der Waals surface area contributed by atoms with Gasteiger partial charge in [-0.3, -0.25) is 14.4 Å². The standard InChI is InChI=1S/C26H27FN4O5/c1-35-20-9-10-23(36-2)21(16-20)28-24(32)17-31-11-3-4-22(31)26(34)30-14-12-29(13-15-30)25(33)18-5-7-19(27)8-6-18/h3-11,16H,12-15,17H2,1-2H3,(H,28,32). The van der Waals surface area contributed by atoms with Gasteiger partial charge in [0.25, 0.3) is 11.8 Å². The van der Waals surface area contributed by atoms with Gasteiger partial charge in [0, 0.05) is 44.0 Å². The lowest BCUT2D eigenvalue weighted by atomic mass is 10.1. The molecule has 1 N–H and O–H groups in total. The molecule has 3 aromatic rings. The van der Waals surface area contributed by atoms with E-state index >= 15 is 0 Å². The van der Waals surface area contributed by atoms with Gasteiger partial charge in [-0.15, -0.1) is 0 Å². The van der Waals surface area contributed by atoms with Gasteiger partial charge in [0.15, 0.2) is 0 Å². The minimum absolute atomic E-state index is 0.0720. The van der Waals surface area contributed by atoms with Gasteiger partial charge in [-0.1, -0.05) is 0 Å². The highest BCUT2D eigenvalue weighted by molar-refractivity contribution is 5.96. The molecule has 0 aliphatic carbocycles. The summed E-state index contributed by atoms with van der Waals surface area (Å²) < 4.78 is 25.2. The first-order valence-corrected chi connectivity index (χ1v) is 11.4. The third-order valence-electron chi connectivity index (χ3n) is 5.99. The summed E-state index contributed by atoms with van der Waals surface area (Å²) in [5.74, 6) is -0.0976. The van der Waals surface area contributed by atoms with E-state index in [1.807, 2.05) is 0 Å². The van der Waals surface area contributed by atoms with Crippen molar-refractivity contribution in [2.75, 3.05) is 45.7 Å². The maximum atomic E-state index is 13.2. The first-order valence-electron chi connectivity index (χ1n) is 11.4. The fourth-order valence-corrected chi connectivity index (χ4v) is 4.05. The van der Waals surface area contributed by atoms with Crippen LogP contribution in [0.5, 0.6) is 11.5 Å². The number of anilines is 1. The quantitative estimate of drug-likeness (QED) is 0.545. The second-order valence-electron chi connectivity index (χ2n) is 8.23. The van der Waals surface area contributed by atoms with Gasteiger partial charge in [0.05, 0.1) is 19.9 Å². The summed E-state index contributed by atoms with van der Waals surface area (Å²) in [6.45, 7) is 1.35. The molecule has 3 amide bonds. The fraction of sp³-hybridized carbons (Fsp3) is 0.269. The number of piperazine rings is 1. The zero-order valence-electron chi connectivity index (χ0n) is 20.1. The highest BCUT2D eigenvalue weighted by Gasteiger charge is 2.27. The fourth-order valence-electron chi connectivity index (χ4n) is 4.05. The summed E-state index contributed by atoms with van der Waals surface area (Å²) in [6, 6.07) is 13.9. The number of hydrogen-bond acceptors (Lipinski definition) is 5. The summed E-state index contributed by atoms with van der Waals surface area (Å²) in [5.41, 5.74) is 1.24. The van der Waals surface area contributed by atoms with Crippen molar-refractivity contribution >= 4 is 23.4 Å². The number of rotatable bonds is 7. The molecule has 4 rings (SSSR count). The van der Waals surface area contributed by atoms with Crippen LogP contribution in [-0.4, -0.2) is 72.5 Å². The van der Waals surface area contributed by atoms with Crippen LogP contribution < -0.4 is 14.8 Å². The van der Waals surface area contributed by atoms with Crippen LogP contribution in [0.2, 0.25) is 0 Å². The van der Waals surface area contributed by atoms with E-state index in [1.165, 1.54) is 38.5 Å². The van der Waals surface area contributed by atoms with Crippen molar-refractivity contribution in [3.63, 3.8) is 0 Å². The van der Waals surface area contributed by atoms with Crippen molar-refractivity contribution in [2.45, 2.75) is 6.54 Å². The number of hydrogen-bond donors (Lipinski definition) is 1. The molecule has 0 atom stereocenters. The van der Waals surface area contributed by atoms with Crippen molar-refractivity contribution in [3.8, 4) is 11.5 Å². The van der Waals surface area contributed by atoms with Crippen LogP contribution in [0.15, 0.2) is 60.8 Å². The maximum Gasteiger partial charge on any atom is 0.270 e. The number of methoxy groups -OCH3 is 2. The molecule has 0 saturated carbocycles. The van der Waals surface area contributed by atoms with Gasteiger partial charge in [-0.2, -0.15) is 0 Å². The van der Waals surface area contributed by atoms with E-state index in [0.717, 1.165) is 0 Å². The Bertz CT molecular complexity index is 1250.